The number of nitrogens with zero attached hydrogens (tertiary/aromatic N) is 1. The van der Waals surface area contributed by atoms with Gasteiger partial charge < -0.3 is 15.0 Å². The molecule has 0 aromatic heterocycles. The second-order valence-corrected chi connectivity index (χ2v) is 8.21. The fourth-order valence-corrected chi connectivity index (χ4v) is 3.37. The zero-order valence-electron chi connectivity index (χ0n) is 16.8. The number of piperidine rings is 1. The van der Waals surface area contributed by atoms with Crippen LogP contribution >= 0.6 is 0 Å². The summed E-state index contributed by atoms with van der Waals surface area (Å²) >= 11 is 0. The van der Waals surface area contributed by atoms with Gasteiger partial charge in [0.05, 0.1) is 0 Å². The number of carbonyl (C=O) groups excluding carboxylic acids is 2. The van der Waals surface area contributed by atoms with E-state index in [1.807, 2.05) is 63.2 Å². The van der Waals surface area contributed by atoms with Crippen molar-refractivity contribution in [3.05, 3.63) is 65.7 Å². The van der Waals surface area contributed by atoms with Gasteiger partial charge in [0.2, 0.25) is 0 Å². The zero-order chi connectivity index (χ0) is 20.1. The van der Waals surface area contributed by atoms with Crippen molar-refractivity contribution in [1.29, 1.82) is 0 Å². The summed E-state index contributed by atoms with van der Waals surface area (Å²) in [6.45, 7) is 7.04. The number of amides is 2. The number of rotatable bonds is 3. The van der Waals surface area contributed by atoms with Crippen LogP contribution in [0.15, 0.2) is 54.6 Å². The molecule has 1 aliphatic rings. The van der Waals surface area contributed by atoms with E-state index in [-0.39, 0.29) is 17.9 Å². The minimum Gasteiger partial charge on any atom is -0.444 e. The van der Waals surface area contributed by atoms with Crippen molar-refractivity contribution in [2.24, 2.45) is 0 Å². The van der Waals surface area contributed by atoms with E-state index < -0.39 is 5.60 Å². The molecule has 1 heterocycles. The molecule has 148 valence electrons. The molecule has 0 saturated carbocycles. The largest absolute Gasteiger partial charge is 0.444 e. The number of carbonyl (C=O) groups is 2. The lowest BCUT2D eigenvalue weighted by Crippen LogP contribution is -2.42. The Balaban J connectivity index is 1.61. The molecule has 0 aliphatic carbocycles. The molecule has 0 unspecified atom stereocenters. The highest BCUT2D eigenvalue weighted by Gasteiger charge is 2.28. The Morgan fingerprint density at radius 1 is 1.04 bits per heavy atom. The molecule has 1 atom stereocenters. The first-order valence-electron chi connectivity index (χ1n) is 9.76. The first-order valence-corrected chi connectivity index (χ1v) is 9.76. The van der Waals surface area contributed by atoms with Gasteiger partial charge in [0.25, 0.3) is 5.91 Å². The van der Waals surface area contributed by atoms with Crippen molar-refractivity contribution in [1.82, 2.24) is 4.90 Å². The molecular formula is C23H28N2O3. The molecule has 2 amide bonds. The molecule has 1 fully saturated rings. The Morgan fingerprint density at radius 2 is 1.71 bits per heavy atom. The van der Waals surface area contributed by atoms with E-state index in [0.717, 1.165) is 25.1 Å². The molecule has 5 nitrogen and oxygen atoms in total. The quantitative estimate of drug-likeness (QED) is 0.810. The van der Waals surface area contributed by atoms with E-state index in [2.05, 4.69) is 5.32 Å². The second kappa shape index (κ2) is 8.46. The highest BCUT2D eigenvalue weighted by Crippen LogP contribution is 2.28. The van der Waals surface area contributed by atoms with Gasteiger partial charge in [-0.25, -0.2) is 4.79 Å². The molecule has 3 rings (SSSR count). The van der Waals surface area contributed by atoms with E-state index in [9.17, 15) is 9.59 Å². The SMILES string of the molecule is CC(C)(C)OC(=O)N1CCC[C@@H](c2ccc(NC(=O)c3ccccc3)cc2)C1. The third-order valence-electron chi connectivity index (χ3n) is 4.75. The summed E-state index contributed by atoms with van der Waals surface area (Å²) in [4.78, 5) is 26.4. The molecule has 1 aliphatic heterocycles. The standard InChI is InChI=1S/C23H28N2O3/c1-23(2,3)28-22(27)25-15-7-10-19(16-25)17-11-13-20(14-12-17)24-21(26)18-8-5-4-6-9-18/h4-6,8-9,11-14,19H,7,10,15-16H2,1-3H3,(H,24,26)/t19-/m1/s1. The van der Waals surface area contributed by atoms with Crippen LogP contribution in [0.1, 0.15) is 55.5 Å². The fraction of sp³-hybridized carbons (Fsp3) is 0.391. The summed E-state index contributed by atoms with van der Waals surface area (Å²) in [5.74, 6) is 0.155. The van der Waals surface area contributed by atoms with E-state index in [1.165, 1.54) is 5.56 Å². The lowest BCUT2D eigenvalue weighted by atomic mass is 9.90. The summed E-state index contributed by atoms with van der Waals surface area (Å²) in [6.07, 6.45) is 1.75. The Hall–Kier alpha value is -2.82. The van der Waals surface area contributed by atoms with Crippen molar-refractivity contribution in [2.45, 2.75) is 45.1 Å². The van der Waals surface area contributed by atoms with Crippen LogP contribution in [0.4, 0.5) is 10.5 Å². The van der Waals surface area contributed by atoms with Gasteiger partial charge in [-0.2, -0.15) is 0 Å². The van der Waals surface area contributed by atoms with Crippen LogP contribution in [0.3, 0.4) is 0 Å². The molecule has 0 spiro atoms. The maximum Gasteiger partial charge on any atom is 0.410 e. The maximum absolute atomic E-state index is 12.4. The van der Waals surface area contributed by atoms with Gasteiger partial charge in [-0.1, -0.05) is 30.3 Å². The van der Waals surface area contributed by atoms with Crippen LogP contribution in [0.25, 0.3) is 0 Å². The number of hydrogen-bond donors (Lipinski definition) is 1. The monoisotopic (exact) mass is 380 g/mol. The summed E-state index contributed by atoms with van der Waals surface area (Å²) in [6, 6.07) is 17.1. The minimum atomic E-state index is -0.483. The molecule has 0 radical (unpaired) electrons. The minimum absolute atomic E-state index is 0.123. The number of hydrogen-bond acceptors (Lipinski definition) is 3. The van der Waals surface area contributed by atoms with Crippen LogP contribution in [-0.4, -0.2) is 35.6 Å². The number of benzene rings is 2. The van der Waals surface area contributed by atoms with Gasteiger partial charge >= 0.3 is 6.09 Å². The third kappa shape index (κ3) is 5.35. The first-order chi connectivity index (χ1) is 13.3. The zero-order valence-corrected chi connectivity index (χ0v) is 16.8. The second-order valence-electron chi connectivity index (χ2n) is 8.21. The number of ether oxygens (including phenoxy) is 1. The molecule has 2 aromatic carbocycles. The number of likely N-dealkylation sites (tertiary alicyclic amines) is 1. The molecule has 5 heteroatoms. The predicted octanol–water partition coefficient (Wildman–Crippen LogP) is 5.05. The molecule has 28 heavy (non-hydrogen) atoms. The third-order valence-corrected chi connectivity index (χ3v) is 4.75. The topological polar surface area (TPSA) is 58.6 Å². The van der Waals surface area contributed by atoms with Crippen LogP contribution < -0.4 is 5.32 Å². The Labute approximate surface area is 166 Å². The van der Waals surface area contributed by atoms with Gasteiger partial charge in [-0.15, -0.1) is 0 Å². The summed E-state index contributed by atoms with van der Waals surface area (Å²) < 4.78 is 5.51. The lowest BCUT2D eigenvalue weighted by molar-refractivity contribution is 0.0198. The van der Waals surface area contributed by atoms with Crippen LogP contribution in [0, 0.1) is 0 Å². The molecule has 1 N–H and O–H groups in total. The number of nitrogens with one attached hydrogen (secondary N) is 1. The normalized spacial score (nSPS) is 17.1. The summed E-state index contributed by atoms with van der Waals surface area (Å²) in [5, 5.41) is 2.92. The predicted molar refractivity (Wildman–Crippen MR) is 111 cm³/mol. The van der Waals surface area contributed by atoms with Crippen molar-refractivity contribution in [3.63, 3.8) is 0 Å². The van der Waals surface area contributed by atoms with Crippen molar-refractivity contribution < 1.29 is 14.3 Å². The van der Waals surface area contributed by atoms with Gasteiger partial charge in [-0.05, 0) is 63.4 Å². The highest BCUT2D eigenvalue weighted by atomic mass is 16.6. The summed E-state index contributed by atoms with van der Waals surface area (Å²) in [7, 11) is 0. The molecule has 0 bridgehead atoms. The maximum atomic E-state index is 12.4. The van der Waals surface area contributed by atoms with Crippen molar-refractivity contribution in [3.8, 4) is 0 Å². The Bertz CT molecular complexity index is 810. The van der Waals surface area contributed by atoms with Crippen LogP contribution in [-0.2, 0) is 4.74 Å². The van der Waals surface area contributed by atoms with E-state index in [1.54, 1.807) is 17.0 Å². The fourth-order valence-electron chi connectivity index (χ4n) is 3.37. The van der Waals surface area contributed by atoms with Crippen molar-refractivity contribution >= 4 is 17.7 Å². The van der Waals surface area contributed by atoms with Gasteiger partial charge in [0.1, 0.15) is 5.60 Å². The van der Waals surface area contributed by atoms with E-state index >= 15 is 0 Å². The van der Waals surface area contributed by atoms with Gasteiger partial charge in [-0.3, -0.25) is 4.79 Å². The average molecular weight is 380 g/mol. The highest BCUT2D eigenvalue weighted by molar-refractivity contribution is 6.04. The molecule has 1 saturated heterocycles. The van der Waals surface area contributed by atoms with Crippen LogP contribution in [0.5, 0.6) is 0 Å². The van der Waals surface area contributed by atoms with Gasteiger partial charge in [0, 0.05) is 30.3 Å². The summed E-state index contributed by atoms with van der Waals surface area (Å²) in [5.41, 5.74) is 2.08. The molecule has 2 aromatic rings. The number of anilines is 1. The van der Waals surface area contributed by atoms with Gasteiger partial charge in [0.15, 0.2) is 0 Å². The first kappa shape index (κ1) is 19.9. The smallest absolute Gasteiger partial charge is 0.410 e. The average Bonchev–Trinajstić information content (AvgIpc) is 2.68. The lowest BCUT2D eigenvalue weighted by Gasteiger charge is -2.34. The van der Waals surface area contributed by atoms with Crippen molar-refractivity contribution in [2.75, 3.05) is 18.4 Å². The van der Waals surface area contributed by atoms with E-state index in [4.69, 9.17) is 4.74 Å². The van der Waals surface area contributed by atoms with Crippen LogP contribution in [0.2, 0.25) is 0 Å². The van der Waals surface area contributed by atoms with E-state index in [0.29, 0.717) is 12.1 Å². The Morgan fingerprint density at radius 3 is 2.36 bits per heavy atom. The molecular weight excluding hydrogens is 352 g/mol. The Kier molecular flexibility index (Phi) is 6.02.